The van der Waals surface area contributed by atoms with Crippen molar-refractivity contribution in [2.75, 3.05) is 18.4 Å². The predicted octanol–water partition coefficient (Wildman–Crippen LogP) is 5.57. The van der Waals surface area contributed by atoms with Crippen LogP contribution in [0.5, 0.6) is 0 Å². The summed E-state index contributed by atoms with van der Waals surface area (Å²) < 4.78 is 0. The van der Waals surface area contributed by atoms with Crippen LogP contribution in [0.25, 0.3) is 0 Å². The van der Waals surface area contributed by atoms with Crippen molar-refractivity contribution in [1.82, 2.24) is 10.2 Å². The van der Waals surface area contributed by atoms with E-state index in [1.807, 2.05) is 6.07 Å². The highest BCUT2D eigenvalue weighted by Crippen LogP contribution is 2.31. The van der Waals surface area contributed by atoms with Gasteiger partial charge in [-0.05, 0) is 74.7 Å². The molecule has 1 aromatic heterocycles. The number of hydrogen-bond acceptors (Lipinski definition) is 3. The number of anilines is 1. The Hall–Kier alpha value is -0.850. The summed E-state index contributed by atoms with van der Waals surface area (Å²) in [5.41, 5.74) is 0.754. The van der Waals surface area contributed by atoms with Crippen molar-refractivity contribution in [2.45, 2.75) is 31.8 Å². The van der Waals surface area contributed by atoms with E-state index in [9.17, 15) is 0 Å². The Morgan fingerprint density at radius 2 is 2.00 bits per heavy atom. The SMILES string of the molecule is C[C@@H](NC(=S)Nc1ccc(Cl)cc1Cl)[C@H](c1cccs1)N1CCCC1. The van der Waals surface area contributed by atoms with Gasteiger partial charge in [0.2, 0.25) is 0 Å². The molecule has 3 nitrogen and oxygen atoms in total. The van der Waals surface area contributed by atoms with E-state index in [4.69, 9.17) is 35.4 Å². The summed E-state index contributed by atoms with van der Waals surface area (Å²) in [5, 5.41) is 10.5. The molecule has 1 fully saturated rings. The molecule has 0 unspecified atom stereocenters. The van der Waals surface area contributed by atoms with E-state index in [-0.39, 0.29) is 6.04 Å². The number of nitrogens with zero attached hydrogens (tertiary/aromatic N) is 1. The fraction of sp³-hybridized carbons (Fsp3) is 0.389. The summed E-state index contributed by atoms with van der Waals surface area (Å²) >= 11 is 19.5. The lowest BCUT2D eigenvalue weighted by Gasteiger charge is -2.33. The second-order valence-corrected chi connectivity index (χ2v) is 8.45. The Labute approximate surface area is 168 Å². The number of thiophene rings is 1. The van der Waals surface area contributed by atoms with Crippen molar-refractivity contribution >= 4 is 57.6 Å². The molecular weight excluding hydrogens is 393 g/mol. The molecule has 1 aliphatic rings. The molecule has 0 saturated carbocycles. The van der Waals surface area contributed by atoms with Crippen molar-refractivity contribution in [3.05, 3.63) is 50.6 Å². The van der Waals surface area contributed by atoms with Gasteiger partial charge in [-0.15, -0.1) is 11.3 Å². The standard InChI is InChI=1S/C18H21Cl2N3S2/c1-12(17(16-5-4-10-25-16)23-8-2-3-9-23)21-18(24)22-15-7-6-13(19)11-14(15)20/h4-7,10-12,17H,2-3,8-9H2,1H3,(H2,21,22,24)/t12-,17-/m1/s1. The van der Waals surface area contributed by atoms with Gasteiger partial charge in [-0.25, -0.2) is 0 Å². The second kappa shape index (κ2) is 8.69. The molecule has 2 atom stereocenters. The van der Waals surface area contributed by atoms with Gasteiger partial charge in [0.05, 0.1) is 16.8 Å². The van der Waals surface area contributed by atoms with Gasteiger partial charge in [0.1, 0.15) is 0 Å². The molecule has 2 N–H and O–H groups in total. The number of likely N-dealkylation sites (tertiary alicyclic amines) is 1. The fourth-order valence-corrected chi connectivity index (χ4v) is 4.97. The van der Waals surface area contributed by atoms with Crippen LogP contribution >= 0.6 is 46.8 Å². The smallest absolute Gasteiger partial charge is 0.171 e. The molecule has 0 aliphatic carbocycles. The van der Waals surface area contributed by atoms with E-state index in [1.165, 1.54) is 17.7 Å². The zero-order chi connectivity index (χ0) is 17.8. The highest BCUT2D eigenvalue weighted by molar-refractivity contribution is 7.80. The van der Waals surface area contributed by atoms with Gasteiger partial charge in [-0.3, -0.25) is 4.90 Å². The van der Waals surface area contributed by atoms with Gasteiger partial charge >= 0.3 is 0 Å². The number of rotatable bonds is 5. The molecule has 3 rings (SSSR count). The molecule has 0 amide bonds. The largest absolute Gasteiger partial charge is 0.358 e. The molecule has 2 heterocycles. The molecular formula is C18H21Cl2N3S2. The molecule has 0 bridgehead atoms. The van der Waals surface area contributed by atoms with Crippen molar-refractivity contribution in [3.63, 3.8) is 0 Å². The van der Waals surface area contributed by atoms with Gasteiger partial charge in [0, 0.05) is 15.9 Å². The summed E-state index contributed by atoms with van der Waals surface area (Å²) in [7, 11) is 0. The quantitative estimate of drug-likeness (QED) is 0.626. The van der Waals surface area contributed by atoms with E-state index in [0.29, 0.717) is 21.2 Å². The van der Waals surface area contributed by atoms with Crippen LogP contribution in [0.2, 0.25) is 10.0 Å². The zero-order valence-corrected chi connectivity index (χ0v) is 17.1. The van der Waals surface area contributed by atoms with Gasteiger partial charge < -0.3 is 10.6 Å². The molecule has 1 saturated heterocycles. The van der Waals surface area contributed by atoms with Gasteiger partial charge in [0.15, 0.2) is 5.11 Å². The van der Waals surface area contributed by atoms with Crippen molar-refractivity contribution in [2.24, 2.45) is 0 Å². The van der Waals surface area contributed by atoms with Crippen molar-refractivity contribution < 1.29 is 0 Å². The minimum atomic E-state index is 0.183. The summed E-state index contributed by atoms with van der Waals surface area (Å²) in [6.07, 6.45) is 2.52. The number of nitrogens with one attached hydrogen (secondary N) is 2. The Balaban J connectivity index is 1.68. The molecule has 1 aromatic carbocycles. The maximum Gasteiger partial charge on any atom is 0.171 e. The minimum absolute atomic E-state index is 0.183. The van der Waals surface area contributed by atoms with Crippen LogP contribution in [0.3, 0.4) is 0 Å². The van der Waals surface area contributed by atoms with E-state index in [1.54, 1.807) is 23.5 Å². The highest BCUT2D eigenvalue weighted by Gasteiger charge is 2.29. The first kappa shape index (κ1) is 18.9. The minimum Gasteiger partial charge on any atom is -0.358 e. The van der Waals surface area contributed by atoms with E-state index >= 15 is 0 Å². The predicted molar refractivity (Wildman–Crippen MR) is 113 cm³/mol. The van der Waals surface area contributed by atoms with E-state index < -0.39 is 0 Å². The average Bonchev–Trinajstić information content (AvgIpc) is 3.24. The first-order valence-electron chi connectivity index (χ1n) is 8.34. The van der Waals surface area contributed by atoms with Gasteiger partial charge in [-0.1, -0.05) is 29.3 Å². The number of hydrogen-bond donors (Lipinski definition) is 2. The molecule has 134 valence electrons. The van der Waals surface area contributed by atoms with E-state index in [0.717, 1.165) is 18.8 Å². The summed E-state index contributed by atoms with van der Waals surface area (Å²) in [4.78, 5) is 3.91. The van der Waals surface area contributed by atoms with Crippen molar-refractivity contribution in [3.8, 4) is 0 Å². The van der Waals surface area contributed by atoms with Crippen LogP contribution in [-0.4, -0.2) is 29.1 Å². The highest BCUT2D eigenvalue weighted by atomic mass is 35.5. The third-order valence-corrected chi connectivity index (χ3v) is 6.09. The van der Waals surface area contributed by atoms with Gasteiger partial charge in [0.25, 0.3) is 0 Å². The Morgan fingerprint density at radius 3 is 2.64 bits per heavy atom. The molecule has 7 heteroatoms. The molecule has 2 aromatic rings. The van der Waals surface area contributed by atoms with Crippen LogP contribution in [0.15, 0.2) is 35.7 Å². The first-order chi connectivity index (χ1) is 12.0. The zero-order valence-electron chi connectivity index (χ0n) is 14.0. The topological polar surface area (TPSA) is 27.3 Å². The normalized spacial score (nSPS) is 17.2. The van der Waals surface area contributed by atoms with Gasteiger partial charge in [-0.2, -0.15) is 0 Å². The van der Waals surface area contributed by atoms with Crippen LogP contribution in [0.1, 0.15) is 30.7 Å². The molecule has 1 aliphatic heterocycles. The third-order valence-electron chi connectivity index (χ3n) is 4.38. The van der Waals surface area contributed by atoms with Crippen LogP contribution < -0.4 is 10.6 Å². The Bertz CT molecular complexity index is 715. The number of benzene rings is 1. The second-order valence-electron chi connectivity index (χ2n) is 6.21. The lowest BCUT2D eigenvalue weighted by Crippen LogP contribution is -2.45. The third kappa shape index (κ3) is 4.86. The molecule has 0 radical (unpaired) electrons. The van der Waals surface area contributed by atoms with Crippen molar-refractivity contribution in [1.29, 1.82) is 0 Å². The molecule has 25 heavy (non-hydrogen) atoms. The maximum absolute atomic E-state index is 6.22. The fourth-order valence-electron chi connectivity index (χ4n) is 3.26. The van der Waals surface area contributed by atoms with Crippen LogP contribution in [0.4, 0.5) is 5.69 Å². The van der Waals surface area contributed by atoms with E-state index in [2.05, 4.69) is 40.0 Å². The lowest BCUT2D eigenvalue weighted by molar-refractivity contribution is 0.214. The summed E-state index contributed by atoms with van der Waals surface area (Å²) in [5.74, 6) is 0. The average molecular weight is 414 g/mol. The first-order valence-corrected chi connectivity index (χ1v) is 10.4. The van der Waals surface area contributed by atoms with Crippen LogP contribution in [0, 0.1) is 0 Å². The maximum atomic E-state index is 6.22. The Kier molecular flexibility index (Phi) is 6.58. The number of thiocarbonyl (C=S) groups is 1. The monoisotopic (exact) mass is 413 g/mol. The Morgan fingerprint density at radius 1 is 1.24 bits per heavy atom. The summed E-state index contributed by atoms with van der Waals surface area (Å²) in [6, 6.07) is 10.2. The lowest BCUT2D eigenvalue weighted by atomic mass is 10.1. The molecule has 0 spiro atoms. The summed E-state index contributed by atoms with van der Waals surface area (Å²) in [6.45, 7) is 4.45. The van der Waals surface area contributed by atoms with Crippen LogP contribution in [-0.2, 0) is 0 Å². The number of halogens is 2.